The van der Waals surface area contributed by atoms with E-state index < -0.39 is 0 Å². The molecule has 2 nitrogen and oxygen atoms in total. The fourth-order valence-electron chi connectivity index (χ4n) is 2.87. The lowest BCUT2D eigenvalue weighted by atomic mass is 10.1. The minimum Gasteiger partial charge on any atom is -0.308 e. The first-order valence-corrected chi connectivity index (χ1v) is 9.97. The van der Waals surface area contributed by atoms with Crippen molar-refractivity contribution >= 4 is 28.4 Å². The summed E-state index contributed by atoms with van der Waals surface area (Å²) in [5, 5.41) is 4.34. The van der Waals surface area contributed by atoms with Crippen molar-refractivity contribution in [3.05, 3.63) is 93.9 Å². The van der Waals surface area contributed by atoms with Crippen LogP contribution >= 0.6 is 22.7 Å². The molecule has 0 fully saturated rings. The van der Waals surface area contributed by atoms with Crippen molar-refractivity contribution in [2.24, 2.45) is 4.99 Å². The molecule has 2 aromatic heterocycles. The maximum Gasteiger partial charge on any atom is 0.190 e. The molecule has 1 atom stereocenters. The van der Waals surface area contributed by atoms with Crippen LogP contribution in [0.3, 0.4) is 0 Å². The van der Waals surface area contributed by atoms with Crippen LogP contribution in [-0.4, -0.2) is 4.57 Å². The van der Waals surface area contributed by atoms with E-state index in [4.69, 9.17) is 4.99 Å². The van der Waals surface area contributed by atoms with Gasteiger partial charge in [-0.1, -0.05) is 54.6 Å². The van der Waals surface area contributed by atoms with Crippen molar-refractivity contribution in [1.82, 2.24) is 4.57 Å². The van der Waals surface area contributed by atoms with E-state index in [0.717, 1.165) is 10.5 Å². The van der Waals surface area contributed by atoms with Crippen molar-refractivity contribution in [2.45, 2.75) is 13.0 Å². The van der Waals surface area contributed by atoms with Gasteiger partial charge in [-0.05, 0) is 36.1 Å². The molecule has 0 aliphatic rings. The Morgan fingerprint density at radius 1 is 0.840 bits per heavy atom. The van der Waals surface area contributed by atoms with Crippen LogP contribution in [0.5, 0.6) is 0 Å². The van der Waals surface area contributed by atoms with Crippen molar-refractivity contribution < 1.29 is 0 Å². The van der Waals surface area contributed by atoms with Gasteiger partial charge in [0.1, 0.15) is 0 Å². The van der Waals surface area contributed by atoms with Gasteiger partial charge in [0.25, 0.3) is 0 Å². The Labute approximate surface area is 155 Å². The summed E-state index contributed by atoms with van der Waals surface area (Å²) < 4.78 is 2.35. The molecule has 0 radical (unpaired) electrons. The molecule has 0 saturated carbocycles. The number of nitrogens with zero attached hydrogens (tertiary/aromatic N) is 2. The fraction of sp³-hybridized carbons (Fsp3) is 0.0952. The van der Waals surface area contributed by atoms with E-state index in [2.05, 4.69) is 64.7 Å². The fourth-order valence-corrected chi connectivity index (χ4v) is 4.67. The van der Waals surface area contributed by atoms with Crippen LogP contribution < -0.4 is 4.80 Å². The Morgan fingerprint density at radius 3 is 2.24 bits per heavy atom. The molecule has 0 bridgehead atoms. The predicted octanol–water partition coefficient (Wildman–Crippen LogP) is 6.12. The third kappa shape index (κ3) is 3.36. The van der Waals surface area contributed by atoms with E-state index in [0.29, 0.717) is 0 Å². The number of rotatable bonds is 4. The smallest absolute Gasteiger partial charge is 0.190 e. The van der Waals surface area contributed by atoms with Crippen molar-refractivity contribution in [3.8, 4) is 10.6 Å². The first kappa shape index (κ1) is 16.1. The van der Waals surface area contributed by atoms with Crippen LogP contribution in [0.15, 0.2) is 88.5 Å². The molecule has 2 aromatic carbocycles. The number of thiophene rings is 1. The van der Waals surface area contributed by atoms with Crippen molar-refractivity contribution in [3.63, 3.8) is 0 Å². The van der Waals surface area contributed by atoms with Crippen LogP contribution in [0.4, 0.5) is 5.69 Å². The molecule has 0 amide bonds. The molecular weight excluding hydrogens is 344 g/mol. The molecule has 124 valence electrons. The summed E-state index contributed by atoms with van der Waals surface area (Å²) in [6.07, 6.45) is 0. The van der Waals surface area contributed by atoms with Gasteiger partial charge in [0.05, 0.1) is 22.3 Å². The van der Waals surface area contributed by atoms with Crippen molar-refractivity contribution in [2.75, 3.05) is 0 Å². The van der Waals surface area contributed by atoms with E-state index in [1.165, 1.54) is 16.1 Å². The average Bonchev–Trinajstić information content (AvgIpc) is 3.32. The lowest BCUT2D eigenvalue weighted by Gasteiger charge is -2.17. The molecule has 25 heavy (non-hydrogen) atoms. The third-order valence-electron chi connectivity index (χ3n) is 4.17. The van der Waals surface area contributed by atoms with Gasteiger partial charge in [-0.3, -0.25) is 0 Å². The maximum atomic E-state index is 4.90. The Hall–Kier alpha value is -2.43. The largest absolute Gasteiger partial charge is 0.308 e. The topological polar surface area (TPSA) is 17.3 Å². The van der Waals surface area contributed by atoms with E-state index in [-0.39, 0.29) is 6.04 Å². The predicted molar refractivity (Wildman–Crippen MR) is 108 cm³/mol. The molecule has 0 spiro atoms. The van der Waals surface area contributed by atoms with Gasteiger partial charge in [-0.25, -0.2) is 4.99 Å². The van der Waals surface area contributed by atoms with Crippen LogP contribution in [0.1, 0.15) is 18.5 Å². The van der Waals surface area contributed by atoms with Crippen LogP contribution in [-0.2, 0) is 0 Å². The summed E-state index contributed by atoms with van der Waals surface area (Å²) in [5.74, 6) is 0. The number of aromatic nitrogens is 1. The van der Waals surface area contributed by atoms with Gasteiger partial charge in [0.15, 0.2) is 4.80 Å². The average molecular weight is 363 g/mol. The summed E-state index contributed by atoms with van der Waals surface area (Å²) in [4.78, 5) is 7.20. The van der Waals surface area contributed by atoms with E-state index in [1.807, 2.05) is 30.3 Å². The summed E-state index contributed by atoms with van der Waals surface area (Å²) in [6.45, 7) is 2.24. The summed E-state index contributed by atoms with van der Waals surface area (Å²) in [6, 6.07) is 25.3. The quantitative estimate of drug-likeness (QED) is 0.416. The van der Waals surface area contributed by atoms with Gasteiger partial charge < -0.3 is 4.57 Å². The Morgan fingerprint density at radius 2 is 1.56 bits per heavy atom. The lowest BCUT2D eigenvalue weighted by molar-refractivity contribution is 0.629. The van der Waals surface area contributed by atoms with Gasteiger partial charge in [0, 0.05) is 5.38 Å². The number of hydrogen-bond donors (Lipinski definition) is 0. The zero-order valence-corrected chi connectivity index (χ0v) is 15.5. The molecule has 4 aromatic rings. The SMILES string of the molecule is CC(c1ccccc1)n1c(-c2cccs2)csc1=Nc1ccccc1. The zero-order chi connectivity index (χ0) is 17.1. The molecule has 0 aliphatic heterocycles. The third-order valence-corrected chi connectivity index (χ3v) is 5.90. The highest BCUT2D eigenvalue weighted by Crippen LogP contribution is 2.30. The van der Waals surface area contributed by atoms with Crippen LogP contribution in [0.2, 0.25) is 0 Å². The van der Waals surface area contributed by atoms with Gasteiger partial charge >= 0.3 is 0 Å². The van der Waals surface area contributed by atoms with E-state index in [9.17, 15) is 0 Å². The molecule has 4 rings (SSSR count). The highest BCUT2D eigenvalue weighted by molar-refractivity contribution is 7.14. The monoisotopic (exact) mass is 362 g/mol. The van der Waals surface area contributed by atoms with Crippen LogP contribution in [0, 0.1) is 0 Å². The number of benzene rings is 2. The first-order valence-electron chi connectivity index (χ1n) is 8.21. The van der Waals surface area contributed by atoms with Gasteiger partial charge in [-0.2, -0.15) is 0 Å². The van der Waals surface area contributed by atoms with Gasteiger partial charge in [0.2, 0.25) is 0 Å². The molecule has 1 unspecified atom stereocenters. The summed E-state index contributed by atoms with van der Waals surface area (Å²) >= 11 is 3.46. The normalized spacial score (nSPS) is 13.1. The first-order chi connectivity index (χ1) is 12.3. The second-order valence-corrected chi connectivity index (χ2v) is 7.57. The van der Waals surface area contributed by atoms with E-state index >= 15 is 0 Å². The van der Waals surface area contributed by atoms with Gasteiger partial charge in [-0.15, -0.1) is 22.7 Å². The number of hydrogen-bond acceptors (Lipinski definition) is 3. The number of thiazole rings is 1. The molecule has 4 heteroatoms. The molecule has 0 aliphatic carbocycles. The Kier molecular flexibility index (Phi) is 4.63. The number of para-hydroxylation sites is 1. The second kappa shape index (κ2) is 7.21. The molecule has 0 saturated heterocycles. The standard InChI is InChI=1S/C21H18N2S2/c1-16(17-9-4-2-5-10-17)23-19(20-13-8-14-24-20)15-25-21(23)22-18-11-6-3-7-12-18/h2-16H,1H3. The second-order valence-electron chi connectivity index (χ2n) is 5.78. The molecule has 2 heterocycles. The highest BCUT2D eigenvalue weighted by atomic mass is 32.1. The summed E-state index contributed by atoms with van der Waals surface area (Å²) in [5.41, 5.74) is 3.50. The maximum absolute atomic E-state index is 4.90. The molecule has 0 N–H and O–H groups in total. The molecular formula is C21H18N2S2. The lowest BCUT2D eigenvalue weighted by Crippen LogP contribution is -2.20. The minimum atomic E-state index is 0.215. The Balaban J connectivity index is 1.90. The summed E-state index contributed by atoms with van der Waals surface area (Å²) in [7, 11) is 0. The van der Waals surface area contributed by atoms with Crippen molar-refractivity contribution in [1.29, 1.82) is 0 Å². The minimum absolute atomic E-state index is 0.215. The Bertz CT molecular complexity index is 997. The van der Waals surface area contributed by atoms with Crippen LogP contribution in [0.25, 0.3) is 10.6 Å². The highest BCUT2D eigenvalue weighted by Gasteiger charge is 2.16. The zero-order valence-electron chi connectivity index (χ0n) is 13.9. The van der Waals surface area contributed by atoms with E-state index in [1.54, 1.807) is 22.7 Å².